The second-order valence-corrected chi connectivity index (χ2v) is 3.35. The van der Waals surface area contributed by atoms with Crippen molar-refractivity contribution in [2.24, 2.45) is 0 Å². The maximum atomic E-state index is 11.4. The van der Waals surface area contributed by atoms with Crippen LogP contribution in [-0.2, 0) is 0 Å². The Balaban J connectivity index is 2.71. The summed E-state index contributed by atoms with van der Waals surface area (Å²) in [6.07, 6.45) is 2.57. The summed E-state index contributed by atoms with van der Waals surface area (Å²) in [6, 6.07) is 3.48. The number of pyridine rings is 1. The van der Waals surface area contributed by atoms with Crippen LogP contribution in [0.2, 0.25) is 0 Å². The van der Waals surface area contributed by atoms with E-state index in [-0.39, 0.29) is 5.91 Å². The summed E-state index contributed by atoms with van der Waals surface area (Å²) < 4.78 is 0.587. The van der Waals surface area contributed by atoms with E-state index in [2.05, 4.69) is 26.2 Å². The van der Waals surface area contributed by atoms with Gasteiger partial charge in [0.15, 0.2) is 0 Å². The molecule has 0 saturated carbocycles. The van der Waals surface area contributed by atoms with Gasteiger partial charge in [0.05, 0.1) is 5.56 Å². The minimum Gasteiger partial charge on any atom is -0.352 e. The number of nitrogens with one attached hydrogen (secondary N) is 1. The maximum absolute atomic E-state index is 11.4. The smallest absolute Gasteiger partial charge is 0.254 e. The van der Waals surface area contributed by atoms with Crippen LogP contribution < -0.4 is 5.32 Å². The lowest BCUT2D eigenvalue weighted by molar-refractivity contribution is 0.0952. The van der Waals surface area contributed by atoms with E-state index in [1.165, 1.54) is 0 Å². The zero-order chi connectivity index (χ0) is 9.68. The molecule has 1 aromatic rings. The van der Waals surface area contributed by atoms with Gasteiger partial charge in [-0.3, -0.25) is 4.79 Å². The molecular weight excluding hydrogens is 232 g/mol. The fourth-order valence-electron chi connectivity index (χ4n) is 0.889. The van der Waals surface area contributed by atoms with Gasteiger partial charge in [0.25, 0.3) is 5.91 Å². The number of nitrogens with zero attached hydrogens (tertiary/aromatic N) is 1. The quantitative estimate of drug-likeness (QED) is 0.825. The van der Waals surface area contributed by atoms with Gasteiger partial charge in [-0.1, -0.05) is 6.92 Å². The average Bonchev–Trinajstić information content (AvgIpc) is 2.15. The highest BCUT2D eigenvalue weighted by molar-refractivity contribution is 9.10. The lowest BCUT2D eigenvalue weighted by atomic mass is 10.2. The van der Waals surface area contributed by atoms with E-state index in [9.17, 15) is 4.79 Å². The fourth-order valence-corrected chi connectivity index (χ4v) is 1.32. The summed E-state index contributed by atoms with van der Waals surface area (Å²) in [5, 5.41) is 2.78. The van der Waals surface area contributed by atoms with Gasteiger partial charge in [-0.05, 0) is 34.5 Å². The van der Waals surface area contributed by atoms with Gasteiger partial charge in [0, 0.05) is 12.7 Å². The highest BCUT2D eigenvalue weighted by Crippen LogP contribution is 2.11. The van der Waals surface area contributed by atoms with E-state index in [4.69, 9.17) is 0 Å². The van der Waals surface area contributed by atoms with Gasteiger partial charge < -0.3 is 5.32 Å². The summed E-state index contributed by atoms with van der Waals surface area (Å²) in [6.45, 7) is 2.71. The minimum absolute atomic E-state index is 0.0816. The monoisotopic (exact) mass is 242 g/mol. The van der Waals surface area contributed by atoms with Gasteiger partial charge in [0.1, 0.15) is 4.60 Å². The predicted octanol–water partition coefficient (Wildman–Crippen LogP) is 1.98. The number of carbonyl (C=O) groups is 1. The van der Waals surface area contributed by atoms with Crippen molar-refractivity contribution >= 4 is 21.8 Å². The molecule has 0 unspecified atom stereocenters. The molecule has 0 aliphatic carbocycles. The van der Waals surface area contributed by atoms with Crippen LogP contribution in [0.15, 0.2) is 22.9 Å². The number of amides is 1. The van der Waals surface area contributed by atoms with E-state index < -0.39 is 0 Å². The highest BCUT2D eigenvalue weighted by Gasteiger charge is 2.08. The van der Waals surface area contributed by atoms with Crippen molar-refractivity contribution < 1.29 is 4.79 Å². The summed E-state index contributed by atoms with van der Waals surface area (Å²) >= 11 is 3.22. The maximum Gasteiger partial charge on any atom is 0.254 e. The zero-order valence-corrected chi connectivity index (χ0v) is 8.97. The van der Waals surface area contributed by atoms with Crippen molar-refractivity contribution in [2.45, 2.75) is 13.3 Å². The Labute approximate surface area is 85.7 Å². The number of halogens is 1. The highest BCUT2D eigenvalue weighted by atomic mass is 79.9. The molecule has 0 aromatic carbocycles. The Kier molecular flexibility index (Phi) is 3.89. The first-order chi connectivity index (χ1) is 6.25. The van der Waals surface area contributed by atoms with Crippen molar-refractivity contribution in [3.05, 3.63) is 28.5 Å². The van der Waals surface area contributed by atoms with Gasteiger partial charge in [-0.2, -0.15) is 0 Å². The molecule has 70 valence electrons. The lowest BCUT2D eigenvalue weighted by Crippen LogP contribution is -2.24. The first-order valence-electron chi connectivity index (χ1n) is 4.14. The van der Waals surface area contributed by atoms with Crippen LogP contribution >= 0.6 is 15.9 Å². The van der Waals surface area contributed by atoms with Crippen molar-refractivity contribution in [1.29, 1.82) is 0 Å². The van der Waals surface area contributed by atoms with Gasteiger partial charge >= 0.3 is 0 Å². The largest absolute Gasteiger partial charge is 0.352 e. The normalized spacial score (nSPS) is 9.69. The molecule has 0 saturated heterocycles. The van der Waals surface area contributed by atoms with Crippen molar-refractivity contribution in [3.63, 3.8) is 0 Å². The summed E-state index contributed by atoms with van der Waals surface area (Å²) in [5.74, 6) is -0.0816. The second kappa shape index (κ2) is 4.97. The molecule has 0 aliphatic heterocycles. The van der Waals surface area contributed by atoms with E-state index in [0.29, 0.717) is 16.7 Å². The van der Waals surface area contributed by atoms with Gasteiger partial charge in [-0.15, -0.1) is 0 Å². The molecule has 0 atom stereocenters. The van der Waals surface area contributed by atoms with Crippen LogP contribution in [0.5, 0.6) is 0 Å². The fraction of sp³-hybridized carbons (Fsp3) is 0.333. The van der Waals surface area contributed by atoms with Crippen LogP contribution in [0, 0.1) is 0 Å². The molecule has 0 spiro atoms. The van der Waals surface area contributed by atoms with Crippen LogP contribution in [0.1, 0.15) is 23.7 Å². The summed E-state index contributed by atoms with van der Waals surface area (Å²) in [4.78, 5) is 15.4. The Bertz CT molecular complexity index is 301. The summed E-state index contributed by atoms with van der Waals surface area (Å²) in [5.41, 5.74) is 0.580. The lowest BCUT2D eigenvalue weighted by Gasteiger charge is -2.03. The molecule has 13 heavy (non-hydrogen) atoms. The number of hydrogen-bond donors (Lipinski definition) is 1. The third-order valence-corrected chi connectivity index (χ3v) is 2.17. The molecule has 0 radical (unpaired) electrons. The first kappa shape index (κ1) is 10.2. The number of aromatic nitrogens is 1. The molecule has 3 nitrogen and oxygen atoms in total. The summed E-state index contributed by atoms with van der Waals surface area (Å²) in [7, 11) is 0. The molecule has 1 amide bonds. The molecular formula is C9H11BrN2O. The van der Waals surface area contributed by atoms with Crippen LogP contribution in [0.3, 0.4) is 0 Å². The van der Waals surface area contributed by atoms with Crippen molar-refractivity contribution in [1.82, 2.24) is 10.3 Å². The van der Waals surface area contributed by atoms with E-state index in [1.54, 1.807) is 18.3 Å². The minimum atomic E-state index is -0.0816. The van der Waals surface area contributed by atoms with Crippen molar-refractivity contribution in [2.75, 3.05) is 6.54 Å². The average molecular weight is 243 g/mol. The van der Waals surface area contributed by atoms with E-state index in [1.807, 2.05) is 6.92 Å². The molecule has 4 heteroatoms. The molecule has 0 aliphatic rings. The number of hydrogen-bond acceptors (Lipinski definition) is 2. The Morgan fingerprint density at radius 2 is 2.46 bits per heavy atom. The van der Waals surface area contributed by atoms with Gasteiger partial charge in [0.2, 0.25) is 0 Å². The molecule has 0 fully saturated rings. The zero-order valence-electron chi connectivity index (χ0n) is 7.38. The topological polar surface area (TPSA) is 42.0 Å². The first-order valence-corrected chi connectivity index (χ1v) is 4.93. The molecule has 0 bridgehead atoms. The van der Waals surface area contributed by atoms with Crippen LogP contribution in [0.25, 0.3) is 0 Å². The van der Waals surface area contributed by atoms with Crippen LogP contribution in [0.4, 0.5) is 0 Å². The SMILES string of the molecule is CCCNC(=O)c1cccnc1Br. The molecule has 1 rings (SSSR count). The Morgan fingerprint density at radius 3 is 3.08 bits per heavy atom. The Hall–Kier alpha value is -0.900. The second-order valence-electron chi connectivity index (χ2n) is 2.60. The molecule has 1 aromatic heterocycles. The molecule has 1 N–H and O–H groups in total. The van der Waals surface area contributed by atoms with Crippen LogP contribution in [-0.4, -0.2) is 17.4 Å². The van der Waals surface area contributed by atoms with Gasteiger partial charge in [-0.25, -0.2) is 4.98 Å². The number of rotatable bonds is 3. The third kappa shape index (κ3) is 2.81. The standard InChI is InChI=1S/C9H11BrN2O/c1-2-5-12-9(13)7-4-3-6-11-8(7)10/h3-4,6H,2,5H2,1H3,(H,12,13). The molecule has 1 heterocycles. The third-order valence-electron chi connectivity index (χ3n) is 1.54. The van der Waals surface area contributed by atoms with Crippen molar-refractivity contribution in [3.8, 4) is 0 Å². The Morgan fingerprint density at radius 1 is 1.69 bits per heavy atom. The van der Waals surface area contributed by atoms with E-state index >= 15 is 0 Å². The van der Waals surface area contributed by atoms with E-state index in [0.717, 1.165) is 6.42 Å². The predicted molar refractivity (Wildman–Crippen MR) is 54.6 cm³/mol. The number of carbonyl (C=O) groups excluding carboxylic acids is 1.